The van der Waals surface area contributed by atoms with E-state index in [1.807, 2.05) is 30.3 Å². The van der Waals surface area contributed by atoms with Crippen molar-refractivity contribution in [2.24, 2.45) is 0 Å². The first-order valence-electron chi connectivity index (χ1n) is 16.9. The van der Waals surface area contributed by atoms with Crippen molar-refractivity contribution in [3.05, 3.63) is 169 Å². The highest BCUT2D eigenvalue weighted by atomic mass is 16.4. The summed E-state index contributed by atoms with van der Waals surface area (Å²) in [5, 5.41) is 2.34. The fourth-order valence-electron chi connectivity index (χ4n) is 8.08. The largest absolute Gasteiger partial charge is 0.435 e. The molecule has 0 saturated carbocycles. The zero-order valence-electron chi connectivity index (χ0n) is 27.3. The van der Waals surface area contributed by atoms with Crippen LogP contribution in [0.3, 0.4) is 0 Å². The predicted octanol–water partition coefficient (Wildman–Crippen LogP) is 12.6. The molecule has 0 amide bonds. The first kappa shape index (κ1) is 27.9. The maximum atomic E-state index is 6.50. The van der Waals surface area contributed by atoms with Crippen LogP contribution >= 0.6 is 0 Å². The number of rotatable bonds is 5. The second kappa shape index (κ2) is 10.4. The van der Waals surface area contributed by atoms with Crippen molar-refractivity contribution >= 4 is 27.8 Å². The molecule has 0 atom stereocenters. The van der Waals surface area contributed by atoms with Gasteiger partial charge < -0.3 is 9.32 Å². The lowest BCUT2D eigenvalue weighted by molar-refractivity contribution is 0.590. The van der Waals surface area contributed by atoms with Gasteiger partial charge in [-0.1, -0.05) is 123 Å². The van der Waals surface area contributed by atoms with Gasteiger partial charge in [0.15, 0.2) is 5.76 Å². The molecule has 0 spiro atoms. The third kappa shape index (κ3) is 4.12. The summed E-state index contributed by atoms with van der Waals surface area (Å²) in [5.41, 5.74) is 15.1. The molecule has 3 heteroatoms. The number of hydrogen-bond donors (Lipinski definition) is 0. The minimum atomic E-state index is -0.113. The molecule has 0 unspecified atom stereocenters. The Kier molecular flexibility index (Phi) is 5.92. The quantitative estimate of drug-likeness (QED) is 0.190. The van der Waals surface area contributed by atoms with Crippen molar-refractivity contribution in [2.75, 3.05) is 4.90 Å². The van der Waals surface area contributed by atoms with Crippen molar-refractivity contribution in [2.45, 2.75) is 19.3 Å². The maximum absolute atomic E-state index is 6.50. The summed E-state index contributed by atoms with van der Waals surface area (Å²) >= 11 is 0. The molecular weight excluding hydrogens is 597 g/mol. The number of fused-ring (bicyclic) bond motifs is 6. The van der Waals surface area contributed by atoms with E-state index in [0.717, 1.165) is 50.6 Å². The molecule has 0 saturated heterocycles. The van der Waals surface area contributed by atoms with Crippen LogP contribution in [0.5, 0.6) is 0 Å². The van der Waals surface area contributed by atoms with Crippen LogP contribution in [0.15, 0.2) is 162 Å². The molecule has 0 fully saturated rings. The van der Waals surface area contributed by atoms with Crippen LogP contribution in [0.2, 0.25) is 0 Å². The smallest absolute Gasteiger partial charge is 0.227 e. The number of benzene rings is 7. The van der Waals surface area contributed by atoms with E-state index in [0.29, 0.717) is 5.89 Å². The molecule has 0 radical (unpaired) electrons. The Morgan fingerprint density at radius 3 is 2.00 bits per heavy atom. The average Bonchev–Trinajstić information content (AvgIpc) is 3.79. The number of aromatic nitrogens is 1. The van der Waals surface area contributed by atoms with Gasteiger partial charge in [0.05, 0.1) is 5.69 Å². The summed E-state index contributed by atoms with van der Waals surface area (Å²) in [6, 6.07) is 56.5. The standard InChI is InChI=1S/C46H32N2O/c1-46(2)39-22-10-9-19-34(39)35-24-23-33(28-40(35)46)48(32-18-11-17-31(27-32)29-13-5-3-6-14-29)41-26-25-38-42-36(41)20-12-21-37(42)43-44(38)49-45(47-43)30-15-7-4-8-16-30/h3-28H,1-2H3. The summed E-state index contributed by atoms with van der Waals surface area (Å²) in [5.74, 6) is 1.49. The van der Waals surface area contributed by atoms with E-state index >= 15 is 0 Å². The molecule has 0 bridgehead atoms. The Labute approximate surface area is 285 Å². The molecule has 49 heavy (non-hydrogen) atoms. The van der Waals surface area contributed by atoms with Gasteiger partial charge in [0, 0.05) is 44.3 Å². The number of anilines is 3. The minimum Gasteiger partial charge on any atom is -0.435 e. The Balaban J connectivity index is 1.18. The first-order valence-corrected chi connectivity index (χ1v) is 16.9. The zero-order chi connectivity index (χ0) is 32.7. The predicted molar refractivity (Wildman–Crippen MR) is 202 cm³/mol. The molecule has 0 aliphatic heterocycles. The van der Waals surface area contributed by atoms with Crippen LogP contribution in [0.4, 0.5) is 17.1 Å². The zero-order valence-corrected chi connectivity index (χ0v) is 27.3. The monoisotopic (exact) mass is 628 g/mol. The molecule has 1 heterocycles. The van der Waals surface area contributed by atoms with Crippen molar-refractivity contribution in [1.29, 1.82) is 0 Å². The lowest BCUT2D eigenvalue weighted by atomic mass is 9.82. The average molecular weight is 629 g/mol. The molecule has 232 valence electrons. The Morgan fingerprint density at radius 1 is 0.510 bits per heavy atom. The van der Waals surface area contributed by atoms with Gasteiger partial charge in [-0.2, -0.15) is 0 Å². The Hall–Kier alpha value is -6.19. The molecule has 10 rings (SSSR count). The van der Waals surface area contributed by atoms with Crippen molar-refractivity contribution in [1.82, 2.24) is 4.98 Å². The Morgan fingerprint density at radius 2 is 1.16 bits per heavy atom. The van der Waals surface area contributed by atoms with E-state index in [1.54, 1.807) is 0 Å². The summed E-state index contributed by atoms with van der Waals surface area (Å²) in [6.45, 7) is 4.69. The van der Waals surface area contributed by atoms with Crippen molar-refractivity contribution < 1.29 is 4.42 Å². The van der Waals surface area contributed by atoms with Gasteiger partial charge in [0.2, 0.25) is 5.89 Å². The van der Waals surface area contributed by atoms with E-state index in [1.165, 1.54) is 38.8 Å². The van der Waals surface area contributed by atoms with Gasteiger partial charge in [-0.25, -0.2) is 4.98 Å². The van der Waals surface area contributed by atoms with E-state index in [9.17, 15) is 0 Å². The van der Waals surface area contributed by atoms with Gasteiger partial charge in [0.1, 0.15) is 5.69 Å². The molecule has 3 nitrogen and oxygen atoms in total. The lowest BCUT2D eigenvalue weighted by Crippen LogP contribution is -2.16. The third-order valence-corrected chi connectivity index (χ3v) is 10.4. The van der Waals surface area contributed by atoms with Crippen molar-refractivity contribution in [3.63, 3.8) is 0 Å². The number of hydrogen-bond acceptors (Lipinski definition) is 3. The van der Waals surface area contributed by atoms with E-state index < -0.39 is 0 Å². The van der Waals surface area contributed by atoms with Crippen LogP contribution in [-0.4, -0.2) is 4.98 Å². The van der Waals surface area contributed by atoms with Gasteiger partial charge >= 0.3 is 0 Å². The highest BCUT2D eigenvalue weighted by molar-refractivity contribution is 6.17. The van der Waals surface area contributed by atoms with Gasteiger partial charge in [-0.05, 0) is 81.9 Å². The topological polar surface area (TPSA) is 29.3 Å². The van der Waals surface area contributed by atoms with Gasteiger partial charge in [0.25, 0.3) is 0 Å². The van der Waals surface area contributed by atoms with Crippen LogP contribution in [0, 0.1) is 0 Å². The SMILES string of the molecule is CC1(C)c2ccccc2-c2ccc(N(c3cccc(-c4ccccc4)c3)c3ccc4c5c(cccc35)-c3nc(-c5ccccc5)oc3-4)cc21. The third-order valence-electron chi connectivity index (χ3n) is 10.4. The summed E-state index contributed by atoms with van der Waals surface area (Å²) in [7, 11) is 0. The summed E-state index contributed by atoms with van der Waals surface area (Å²) in [4.78, 5) is 7.46. The minimum absolute atomic E-state index is 0.113. The van der Waals surface area contributed by atoms with E-state index in [2.05, 4.69) is 146 Å². The van der Waals surface area contributed by atoms with E-state index in [-0.39, 0.29) is 5.41 Å². The molecule has 0 N–H and O–H groups in total. The summed E-state index contributed by atoms with van der Waals surface area (Å²) in [6.07, 6.45) is 0. The fraction of sp³-hybridized carbons (Fsp3) is 0.0652. The molecule has 2 aliphatic carbocycles. The summed E-state index contributed by atoms with van der Waals surface area (Å²) < 4.78 is 6.50. The maximum Gasteiger partial charge on any atom is 0.227 e. The molecule has 8 aromatic rings. The fourth-order valence-corrected chi connectivity index (χ4v) is 8.08. The van der Waals surface area contributed by atoms with Crippen molar-refractivity contribution in [3.8, 4) is 56.3 Å². The second-order valence-corrected chi connectivity index (χ2v) is 13.6. The Bertz CT molecular complexity index is 2550. The van der Waals surface area contributed by atoms with E-state index in [4.69, 9.17) is 9.40 Å². The lowest BCUT2D eigenvalue weighted by Gasteiger charge is -2.29. The number of oxazole rings is 1. The van der Waals surface area contributed by atoms with Crippen LogP contribution < -0.4 is 4.90 Å². The molecular formula is C46H32N2O. The van der Waals surface area contributed by atoms with Crippen LogP contribution in [0.1, 0.15) is 25.0 Å². The first-order chi connectivity index (χ1) is 24.1. The number of nitrogens with zero attached hydrogens (tertiary/aromatic N) is 2. The van der Waals surface area contributed by atoms with Crippen LogP contribution in [0.25, 0.3) is 67.1 Å². The van der Waals surface area contributed by atoms with Gasteiger partial charge in [-0.3, -0.25) is 0 Å². The van der Waals surface area contributed by atoms with Gasteiger partial charge in [-0.15, -0.1) is 0 Å². The normalized spacial score (nSPS) is 13.3. The van der Waals surface area contributed by atoms with Crippen LogP contribution in [-0.2, 0) is 5.41 Å². The molecule has 1 aromatic heterocycles. The second-order valence-electron chi connectivity index (χ2n) is 13.6. The highest BCUT2D eigenvalue weighted by Gasteiger charge is 2.36. The molecule has 7 aromatic carbocycles. The highest BCUT2D eigenvalue weighted by Crippen LogP contribution is 2.54. The molecule has 2 aliphatic rings.